The Kier molecular flexibility index (Phi) is 5.68. The molecule has 0 amide bonds. The molecule has 5 nitrogen and oxygen atoms in total. The van der Waals surface area contributed by atoms with Crippen LogP contribution in [0, 0.1) is 0 Å². The predicted octanol–water partition coefficient (Wildman–Crippen LogP) is 3.00. The molecule has 0 aromatic carbocycles. The van der Waals surface area contributed by atoms with Gasteiger partial charge in [-0.3, -0.25) is 0 Å². The van der Waals surface area contributed by atoms with Gasteiger partial charge in [-0.1, -0.05) is 11.6 Å². The molecule has 2 N–H and O–H groups in total. The second-order valence-corrected chi connectivity index (χ2v) is 7.76. The maximum Gasteiger partial charge on any atom is 0.118 e. The second-order valence-electron chi connectivity index (χ2n) is 7.76. The fraction of sp³-hybridized carbons (Fsp3) is 0.700. The van der Waals surface area contributed by atoms with Crippen molar-refractivity contribution < 1.29 is 24.1 Å². The average molecular weight is 350 g/mol. The molecule has 0 bridgehead atoms. The van der Waals surface area contributed by atoms with E-state index in [0.29, 0.717) is 19.4 Å². The van der Waals surface area contributed by atoms with Crippen LogP contribution in [-0.4, -0.2) is 46.8 Å². The van der Waals surface area contributed by atoms with Gasteiger partial charge in [0.15, 0.2) is 0 Å². The van der Waals surface area contributed by atoms with E-state index in [9.17, 15) is 10.2 Å². The van der Waals surface area contributed by atoms with Crippen molar-refractivity contribution in [1.29, 1.82) is 0 Å². The maximum absolute atomic E-state index is 10.8. The first kappa shape index (κ1) is 18.6. The third-order valence-electron chi connectivity index (χ3n) is 5.54. The van der Waals surface area contributed by atoms with Gasteiger partial charge in [0.25, 0.3) is 0 Å². The summed E-state index contributed by atoms with van der Waals surface area (Å²) in [5, 5.41) is 20.5. The monoisotopic (exact) mass is 350 g/mol. The first-order valence-electron chi connectivity index (χ1n) is 9.24. The number of aliphatic hydroxyl groups is 2. The molecule has 2 aliphatic rings. The maximum atomic E-state index is 10.8. The van der Waals surface area contributed by atoms with Crippen LogP contribution in [0.25, 0.3) is 0 Å². The van der Waals surface area contributed by atoms with Crippen LogP contribution in [0.4, 0.5) is 0 Å². The number of furan rings is 1. The van der Waals surface area contributed by atoms with Crippen molar-refractivity contribution in [2.24, 2.45) is 0 Å². The number of hydrogen-bond donors (Lipinski definition) is 2. The molecular formula is C20H30O5. The van der Waals surface area contributed by atoms with Crippen molar-refractivity contribution in [3.05, 3.63) is 35.8 Å². The zero-order valence-corrected chi connectivity index (χ0v) is 15.2. The van der Waals surface area contributed by atoms with Crippen LogP contribution in [0.15, 0.2) is 34.7 Å². The molecule has 25 heavy (non-hydrogen) atoms. The van der Waals surface area contributed by atoms with Crippen molar-refractivity contribution >= 4 is 0 Å². The van der Waals surface area contributed by atoms with Gasteiger partial charge >= 0.3 is 0 Å². The molecule has 1 aromatic rings. The molecule has 0 aliphatic carbocycles. The van der Waals surface area contributed by atoms with Crippen molar-refractivity contribution in [2.45, 2.75) is 75.8 Å². The van der Waals surface area contributed by atoms with Crippen molar-refractivity contribution in [3.63, 3.8) is 0 Å². The third-order valence-corrected chi connectivity index (χ3v) is 5.54. The zero-order valence-electron chi connectivity index (χ0n) is 15.2. The summed E-state index contributed by atoms with van der Waals surface area (Å²) >= 11 is 0. The number of hydrogen-bond acceptors (Lipinski definition) is 5. The smallest absolute Gasteiger partial charge is 0.118 e. The summed E-state index contributed by atoms with van der Waals surface area (Å²) in [6.07, 6.45) is 10.2. The van der Waals surface area contributed by atoms with Gasteiger partial charge < -0.3 is 24.1 Å². The van der Waals surface area contributed by atoms with E-state index in [-0.39, 0.29) is 24.4 Å². The molecule has 0 radical (unpaired) electrons. The average Bonchev–Trinajstić information content (AvgIpc) is 3.02. The molecule has 1 aromatic heterocycles. The first-order valence-corrected chi connectivity index (χ1v) is 9.24. The molecule has 1 spiro atoms. The van der Waals surface area contributed by atoms with E-state index in [4.69, 9.17) is 13.9 Å². The quantitative estimate of drug-likeness (QED) is 0.557. The van der Waals surface area contributed by atoms with Crippen molar-refractivity contribution in [2.75, 3.05) is 13.2 Å². The van der Waals surface area contributed by atoms with Crippen molar-refractivity contribution in [1.82, 2.24) is 0 Å². The summed E-state index contributed by atoms with van der Waals surface area (Å²) in [5.74, 6) is 0. The van der Waals surface area contributed by atoms with Gasteiger partial charge in [0, 0.05) is 0 Å². The fourth-order valence-corrected chi connectivity index (χ4v) is 3.80. The zero-order chi connectivity index (χ0) is 17.9. The van der Waals surface area contributed by atoms with Crippen LogP contribution in [0.2, 0.25) is 0 Å². The highest BCUT2D eigenvalue weighted by atomic mass is 16.6. The van der Waals surface area contributed by atoms with Crippen LogP contribution in [0.3, 0.4) is 0 Å². The minimum absolute atomic E-state index is 0.184. The highest BCUT2D eigenvalue weighted by Crippen LogP contribution is 2.48. The van der Waals surface area contributed by atoms with E-state index >= 15 is 0 Å². The molecule has 0 unspecified atom stereocenters. The Labute approximate surface area is 149 Å². The second kappa shape index (κ2) is 7.62. The highest BCUT2D eigenvalue weighted by molar-refractivity contribution is 5.11. The van der Waals surface area contributed by atoms with E-state index in [1.54, 1.807) is 12.5 Å². The summed E-state index contributed by atoms with van der Waals surface area (Å²) in [6, 6.07) is 1.98. The van der Waals surface area contributed by atoms with Crippen LogP contribution in [0.5, 0.6) is 0 Å². The number of ether oxygens (including phenoxy) is 2. The molecule has 2 aliphatic heterocycles. The van der Waals surface area contributed by atoms with Crippen LogP contribution >= 0.6 is 0 Å². The van der Waals surface area contributed by atoms with Gasteiger partial charge in [0.2, 0.25) is 0 Å². The summed E-state index contributed by atoms with van der Waals surface area (Å²) < 4.78 is 17.0. The topological polar surface area (TPSA) is 75.4 Å². The molecule has 2 saturated heterocycles. The first-order chi connectivity index (χ1) is 12.0. The normalized spacial score (nSPS) is 30.9. The molecule has 5 heteroatoms. The Bertz CT molecular complexity index is 567. The Morgan fingerprint density at radius 2 is 2.28 bits per heavy atom. The summed E-state index contributed by atoms with van der Waals surface area (Å²) in [6.45, 7) is 4.30. The molecule has 3 heterocycles. The summed E-state index contributed by atoms with van der Waals surface area (Å²) in [7, 11) is 0. The molecule has 2 fully saturated rings. The third kappa shape index (κ3) is 4.34. The lowest BCUT2D eigenvalue weighted by Gasteiger charge is -2.38. The van der Waals surface area contributed by atoms with E-state index in [2.05, 4.69) is 6.08 Å². The van der Waals surface area contributed by atoms with Gasteiger partial charge in [0.1, 0.15) is 11.2 Å². The summed E-state index contributed by atoms with van der Waals surface area (Å²) in [5.41, 5.74) is 1.05. The number of epoxide rings is 1. The van der Waals surface area contributed by atoms with Crippen molar-refractivity contribution in [3.8, 4) is 0 Å². The van der Waals surface area contributed by atoms with Crippen LogP contribution < -0.4 is 0 Å². The molecule has 140 valence electrons. The van der Waals surface area contributed by atoms with E-state index in [1.807, 2.05) is 19.9 Å². The fourth-order valence-electron chi connectivity index (χ4n) is 3.80. The van der Waals surface area contributed by atoms with E-state index in [1.165, 1.54) is 11.1 Å². The van der Waals surface area contributed by atoms with Gasteiger partial charge in [-0.25, -0.2) is 0 Å². The van der Waals surface area contributed by atoms with Crippen LogP contribution in [0.1, 0.15) is 51.5 Å². The standard InChI is InChI=1S/C20H30O5/c1-15(2)4-3-9-19(22,13-21)17-7-10-20(14-24-17)18(25-20)6-5-16-8-11-23-12-16/h4,8,11-12,17-18,21-22H,3,5-7,9-10,13-14H2,1-2H3/t17-,18+,19+,20+/m1/s1. The molecule has 4 atom stereocenters. The Balaban J connectivity index is 1.47. The Morgan fingerprint density at radius 3 is 2.88 bits per heavy atom. The number of aryl methyl sites for hydroxylation is 1. The SMILES string of the molecule is CC(C)=CCC[C@](O)(CO)[C@H]1CC[C@@]2(CO1)O[C@H]2CCc1ccoc1. The van der Waals surface area contributed by atoms with Crippen LogP contribution in [-0.2, 0) is 15.9 Å². The predicted molar refractivity (Wildman–Crippen MR) is 94.3 cm³/mol. The molecule has 0 saturated carbocycles. The minimum atomic E-state index is -1.17. The highest BCUT2D eigenvalue weighted by Gasteiger charge is 2.59. The number of rotatable bonds is 8. The Hall–Kier alpha value is -1.14. The summed E-state index contributed by atoms with van der Waals surface area (Å²) in [4.78, 5) is 0. The lowest BCUT2D eigenvalue weighted by atomic mass is 9.83. The lowest BCUT2D eigenvalue weighted by molar-refractivity contribution is -0.162. The lowest BCUT2D eigenvalue weighted by Crippen LogP contribution is -2.51. The number of allylic oxidation sites excluding steroid dienone is 2. The minimum Gasteiger partial charge on any atom is -0.472 e. The van der Waals surface area contributed by atoms with Gasteiger partial charge in [-0.15, -0.1) is 0 Å². The largest absolute Gasteiger partial charge is 0.472 e. The van der Waals surface area contributed by atoms with Gasteiger partial charge in [-0.05, 0) is 64.0 Å². The molecular weight excluding hydrogens is 320 g/mol. The van der Waals surface area contributed by atoms with E-state index < -0.39 is 5.60 Å². The number of aliphatic hydroxyl groups excluding tert-OH is 1. The van der Waals surface area contributed by atoms with Gasteiger partial charge in [0.05, 0.1) is 37.9 Å². The molecule has 3 rings (SSSR count). The Morgan fingerprint density at radius 1 is 1.44 bits per heavy atom. The van der Waals surface area contributed by atoms with E-state index in [0.717, 1.165) is 25.7 Å². The van der Waals surface area contributed by atoms with Gasteiger partial charge in [-0.2, -0.15) is 0 Å².